The highest BCUT2D eigenvalue weighted by molar-refractivity contribution is 5.94. The van der Waals surface area contributed by atoms with Crippen molar-refractivity contribution in [2.24, 2.45) is 17.6 Å². The van der Waals surface area contributed by atoms with Crippen molar-refractivity contribution < 1.29 is 9.18 Å². The van der Waals surface area contributed by atoms with E-state index in [0.717, 1.165) is 31.2 Å². The van der Waals surface area contributed by atoms with Crippen molar-refractivity contribution in [1.29, 1.82) is 0 Å². The van der Waals surface area contributed by atoms with Crippen LogP contribution >= 0.6 is 12.4 Å². The van der Waals surface area contributed by atoms with Crippen LogP contribution in [-0.2, 0) is 0 Å². The van der Waals surface area contributed by atoms with Gasteiger partial charge in [0.05, 0.1) is 5.56 Å². The average molecular weight is 327 g/mol. The number of rotatable bonds is 2. The molecular weight excluding hydrogens is 303 g/mol. The second kappa shape index (κ2) is 6.97. The van der Waals surface area contributed by atoms with E-state index in [9.17, 15) is 9.18 Å². The maximum Gasteiger partial charge on any atom is 0.254 e. The lowest BCUT2D eigenvalue weighted by atomic mass is 9.67. The lowest BCUT2D eigenvalue weighted by molar-refractivity contribution is 0.0752. The fraction of sp³-hybridized carbons (Fsp3) is 0.588. The highest BCUT2D eigenvalue weighted by Gasteiger charge is 2.40. The molecule has 2 aliphatic carbocycles. The standard InChI is InChI=1S/C17H23FN2O.ClH/c1-10-5-6-14(15(18)7-10)17(21)20-16-11-3-2-4-12(16)9-13(19)8-11;/h5-7,11-13,16H,2-4,8-9,19H2,1H3,(H,20,21);1H. The van der Waals surface area contributed by atoms with Gasteiger partial charge in [-0.2, -0.15) is 0 Å². The van der Waals surface area contributed by atoms with E-state index in [2.05, 4.69) is 5.32 Å². The summed E-state index contributed by atoms with van der Waals surface area (Å²) in [6, 6.07) is 5.17. The molecule has 0 heterocycles. The van der Waals surface area contributed by atoms with Gasteiger partial charge < -0.3 is 11.1 Å². The number of hydrogen-bond acceptors (Lipinski definition) is 2. The Kier molecular flexibility index (Phi) is 5.45. The fourth-order valence-corrected chi connectivity index (χ4v) is 4.06. The molecule has 2 atom stereocenters. The van der Waals surface area contributed by atoms with Crippen LogP contribution in [0.3, 0.4) is 0 Å². The molecule has 5 heteroatoms. The normalized spacial score (nSPS) is 30.3. The van der Waals surface area contributed by atoms with Crippen molar-refractivity contribution in [2.45, 2.75) is 51.1 Å². The maximum atomic E-state index is 13.9. The molecule has 2 bridgehead atoms. The van der Waals surface area contributed by atoms with Gasteiger partial charge in [0.15, 0.2) is 0 Å². The van der Waals surface area contributed by atoms with Crippen molar-refractivity contribution in [3.63, 3.8) is 0 Å². The van der Waals surface area contributed by atoms with Gasteiger partial charge >= 0.3 is 0 Å². The second-order valence-corrected chi connectivity index (χ2v) is 6.67. The van der Waals surface area contributed by atoms with Gasteiger partial charge in [-0.1, -0.05) is 12.5 Å². The van der Waals surface area contributed by atoms with Gasteiger partial charge in [0, 0.05) is 12.1 Å². The van der Waals surface area contributed by atoms with Crippen LogP contribution in [0.4, 0.5) is 4.39 Å². The summed E-state index contributed by atoms with van der Waals surface area (Å²) in [5.41, 5.74) is 7.07. The molecule has 122 valence electrons. The first-order valence-electron chi connectivity index (χ1n) is 7.87. The Hall–Kier alpha value is -1.13. The Labute approximate surface area is 137 Å². The first-order chi connectivity index (χ1) is 10.0. The predicted molar refractivity (Wildman–Crippen MR) is 87.7 cm³/mol. The Balaban J connectivity index is 0.00000176. The molecule has 2 unspecified atom stereocenters. The molecule has 0 radical (unpaired) electrons. The number of benzene rings is 1. The number of carbonyl (C=O) groups excluding carboxylic acids is 1. The monoisotopic (exact) mass is 326 g/mol. The Bertz CT molecular complexity index is 537. The van der Waals surface area contributed by atoms with Gasteiger partial charge in [0.1, 0.15) is 5.82 Å². The van der Waals surface area contributed by atoms with Gasteiger partial charge in [-0.05, 0) is 62.1 Å². The fourth-order valence-electron chi connectivity index (χ4n) is 4.06. The van der Waals surface area contributed by atoms with Crippen molar-refractivity contribution >= 4 is 18.3 Å². The van der Waals surface area contributed by atoms with Gasteiger partial charge in [0.25, 0.3) is 5.91 Å². The number of amides is 1. The molecule has 2 saturated carbocycles. The van der Waals surface area contributed by atoms with E-state index in [0.29, 0.717) is 11.8 Å². The third-order valence-corrected chi connectivity index (χ3v) is 5.04. The number of aryl methyl sites for hydroxylation is 1. The zero-order valence-corrected chi connectivity index (χ0v) is 13.7. The number of fused-ring (bicyclic) bond motifs is 2. The summed E-state index contributed by atoms with van der Waals surface area (Å²) in [5, 5.41) is 3.08. The summed E-state index contributed by atoms with van der Waals surface area (Å²) in [7, 11) is 0. The molecule has 3 nitrogen and oxygen atoms in total. The van der Waals surface area contributed by atoms with Crippen LogP contribution in [0, 0.1) is 24.6 Å². The summed E-state index contributed by atoms with van der Waals surface area (Å²) < 4.78 is 13.9. The number of nitrogens with one attached hydrogen (secondary N) is 1. The summed E-state index contributed by atoms with van der Waals surface area (Å²) >= 11 is 0. The Morgan fingerprint density at radius 1 is 1.27 bits per heavy atom. The van der Waals surface area contributed by atoms with Crippen LogP contribution in [0.15, 0.2) is 18.2 Å². The van der Waals surface area contributed by atoms with Crippen molar-refractivity contribution in [1.82, 2.24) is 5.32 Å². The van der Waals surface area contributed by atoms with Crippen LogP contribution in [0.5, 0.6) is 0 Å². The largest absolute Gasteiger partial charge is 0.349 e. The Morgan fingerprint density at radius 2 is 1.91 bits per heavy atom. The summed E-state index contributed by atoms with van der Waals surface area (Å²) in [5.74, 6) is 0.171. The van der Waals surface area contributed by atoms with Crippen molar-refractivity contribution in [3.05, 3.63) is 35.1 Å². The van der Waals surface area contributed by atoms with Crippen LogP contribution in [-0.4, -0.2) is 18.0 Å². The molecule has 1 aromatic rings. The van der Waals surface area contributed by atoms with E-state index in [-0.39, 0.29) is 36.0 Å². The van der Waals surface area contributed by atoms with Gasteiger partial charge in [-0.25, -0.2) is 4.39 Å². The van der Waals surface area contributed by atoms with Gasteiger partial charge in [-0.15, -0.1) is 12.4 Å². The molecule has 22 heavy (non-hydrogen) atoms. The molecule has 3 N–H and O–H groups in total. The molecule has 0 spiro atoms. The molecule has 2 aliphatic rings. The minimum Gasteiger partial charge on any atom is -0.349 e. The van der Waals surface area contributed by atoms with E-state index < -0.39 is 5.82 Å². The number of hydrogen-bond donors (Lipinski definition) is 2. The smallest absolute Gasteiger partial charge is 0.254 e. The molecular formula is C17H24ClFN2O. The zero-order valence-electron chi connectivity index (χ0n) is 12.8. The van der Waals surface area contributed by atoms with E-state index in [1.165, 1.54) is 12.5 Å². The van der Waals surface area contributed by atoms with Crippen LogP contribution < -0.4 is 11.1 Å². The molecule has 3 rings (SSSR count). The minimum atomic E-state index is -0.440. The minimum absolute atomic E-state index is 0. The van der Waals surface area contributed by atoms with E-state index in [1.807, 2.05) is 6.92 Å². The average Bonchev–Trinajstić information content (AvgIpc) is 2.39. The highest BCUT2D eigenvalue weighted by atomic mass is 35.5. The Morgan fingerprint density at radius 3 is 2.50 bits per heavy atom. The summed E-state index contributed by atoms with van der Waals surface area (Å²) in [4.78, 5) is 12.4. The van der Waals surface area contributed by atoms with Gasteiger partial charge in [0.2, 0.25) is 0 Å². The predicted octanol–water partition coefficient (Wildman–Crippen LogP) is 3.19. The van der Waals surface area contributed by atoms with E-state index in [4.69, 9.17) is 5.73 Å². The third kappa shape index (κ3) is 3.44. The number of halogens is 2. The summed E-state index contributed by atoms with van der Waals surface area (Å²) in [6.07, 6.45) is 5.39. The quantitative estimate of drug-likeness (QED) is 0.877. The van der Waals surface area contributed by atoms with E-state index in [1.54, 1.807) is 12.1 Å². The molecule has 0 saturated heterocycles. The van der Waals surface area contributed by atoms with Crippen molar-refractivity contribution in [2.75, 3.05) is 0 Å². The van der Waals surface area contributed by atoms with E-state index >= 15 is 0 Å². The highest BCUT2D eigenvalue weighted by Crippen LogP contribution is 2.39. The van der Waals surface area contributed by atoms with Crippen molar-refractivity contribution in [3.8, 4) is 0 Å². The number of carbonyl (C=O) groups is 1. The lowest BCUT2D eigenvalue weighted by Gasteiger charge is -2.45. The lowest BCUT2D eigenvalue weighted by Crippen LogP contribution is -2.53. The first-order valence-corrected chi connectivity index (χ1v) is 7.87. The SMILES string of the molecule is Cc1ccc(C(=O)NC2C3CCCC2CC(N)C3)c(F)c1.Cl. The van der Waals surface area contributed by atoms with Gasteiger partial charge in [-0.3, -0.25) is 4.79 Å². The zero-order chi connectivity index (χ0) is 15.0. The number of nitrogens with two attached hydrogens (primary N) is 1. The third-order valence-electron chi connectivity index (χ3n) is 5.04. The first kappa shape index (κ1) is 17.2. The van der Waals surface area contributed by atoms with Crippen LogP contribution in [0.1, 0.15) is 48.0 Å². The molecule has 1 amide bonds. The molecule has 1 aromatic carbocycles. The van der Waals surface area contributed by atoms with Crippen LogP contribution in [0.2, 0.25) is 0 Å². The molecule has 0 aromatic heterocycles. The molecule has 0 aliphatic heterocycles. The topological polar surface area (TPSA) is 55.1 Å². The maximum absolute atomic E-state index is 13.9. The molecule has 2 fully saturated rings. The second-order valence-electron chi connectivity index (χ2n) is 6.67. The van der Waals surface area contributed by atoms with Crippen LogP contribution in [0.25, 0.3) is 0 Å². The summed E-state index contributed by atoms with van der Waals surface area (Å²) in [6.45, 7) is 1.82.